The molecule has 1 aliphatic rings. The van der Waals surface area contributed by atoms with Crippen LogP contribution in [0.3, 0.4) is 0 Å². The highest BCUT2D eigenvalue weighted by atomic mass is 32.2. The van der Waals surface area contributed by atoms with Crippen LogP contribution in [0.15, 0.2) is 107 Å². The van der Waals surface area contributed by atoms with Gasteiger partial charge in [0.1, 0.15) is 0 Å². The Labute approximate surface area is 241 Å². The van der Waals surface area contributed by atoms with Crippen LogP contribution in [0, 0.1) is 0 Å². The first-order valence-corrected chi connectivity index (χ1v) is 14.9. The van der Waals surface area contributed by atoms with Crippen molar-refractivity contribution in [1.29, 1.82) is 0 Å². The summed E-state index contributed by atoms with van der Waals surface area (Å²) in [5.74, 6) is 0.560. The lowest BCUT2D eigenvalue weighted by Crippen LogP contribution is -2.31. The van der Waals surface area contributed by atoms with Crippen LogP contribution in [0.1, 0.15) is 45.9 Å². The zero-order chi connectivity index (χ0) is 27.3. The van der Waals surface area contributed by atoms with Crippen LogP contribution in [-0.4, -0.2) is 27.9 Å². The number of hydrogen-bond acceptors (Lipinski definition) is 7. The Morgan fingerprint density at radius 2 is 1.73 bits per heavy atom. The normalized spacial score (nSPS) is 19.0. The van der Waals surface area contributed by atoms with Crippen molar-refractivity contribution in [1.82, 2.24) is 4.98 Å². The molecule has 0 bridgehead atoms. The summed E-state index contributed by atoms with van der Waals surface area (Å²) >= 11 is 3.39. The second kappa shape index (κ2) is 12.3. The van der Waals surface area contributed by atoms with Crippen LogP contribution in [-0.2, 0) is 16.1 Å². The maximum Gasteiger partial charge on any atom is 0.255 e. The fourth-order valence-corrected chi connectivity index (χ4v) is 6.77. The minimum absolute atomic E-state index is 0.000462. The number of anilines is 1. The standard InChI is InChI=1S/C32H28N2O4S2/c35-19-21-13-15-22(16-14-21)28-18-26(20-39-32-34-27-11-4-5-12-29(27)40-32)37-31(38-28)24-9-6-10-25(17-24)33-30(36)23-7-2-1-3-8-23/h1-17,26,28,31,35H,18-20H2,(H,33,36). The Morgan fingerprint density at radius 3 is 2.52 bits per heavy atom. The number of fused-ring (bicyclic) bond motifs is 1. The topological polar surface area (TPSA) is 80.7 Å². The van der Waals surface area contributed by atoms with Crippen molar-refractivity contribution in [2.75, 3.05) is 11.1 Å². The molecule has 1 aliphatic heterocycles. The van der Waals surface area contributed by atoms with Gasteiger partial charge in [-0.15, -0.1) is 11.3 Å². The number of amides is 1. The van der Waals surface area contributed by atoms with Gasteiger partial charge in [-0.05, 0) is 47.5 Å². The summed E-state index contributed by atoms with van der Waals surface area (Å²) in [5, 5.41) is 12.5. The first-order valence-electron chi connectivity index (χ1n) is 13.1. The zero-order valence-electron chi connectivity index (χ0n) is 21.6. The van der Waals surface area contributed by atoms with Crippen molar-refractivity contribution in [3.8, 4) is 0 Å². The maximum atomic E-state index is 12.7. The number of nitrogens with zero attached hydrogens (tertiary/aromatic N) is 1. The van der Waals surface area contributed by atoms with E-state index in [9.17, 15) is 9.90 Å². The molecule has 4 aromatic carbocycles. The molecular formula is C32H28N2O4S2. The summed E-state index contributed by atoms with van der Waals surface area (Å²) in [6.45, 7) is 0.000462. The van der Waals surface area contributed by atoms with Crippen LogP contribution < -0.4 is 5.32 Å². The molecule has 1 amide bonds. The molecule has 0 aliphatic carbocycles. The van der Waals surface area contributed by atoms with Gasteiger partial charge in [-0.1, -0.05) is 78.5 Å². The number of para-hydroxylation sites is 1. The smallest absolute Gasteiger partial charge is 0.255 e. The summed E-state index contributed by atoms with van der Waals surface area (Å²) in [6.07, 6.45) is -0.182. The van der Waals surface area contributed by atoms with Gasteiger partial charge in [-0.3, -0.25) is 4.79 Å². The van der Waals surface area contributed by atoms with E-state index in [4.69, 9.17) is 14.5 Å². The summed E-state index contributed by atoms with van der Waals surface area (Å²) in [5.41, 5.74) is 5.01. The van der Waals surface area contributed by atoms with Gasteiger partial charge < -0.3 is 19.9 Å². The number of aromatic nitrogens is 1. The number of thioether (sulfide) groups is 1. The average molecular weight is 569 g/mol. The van der Waals surface area contributed by atoms with E-state index in [1.807, 2.05) is 84.9 Å². The lowest BCUT2D eigenvalue weighted by molar-refractivity contribution is -0.245. The van der Waals surface area contributed by atoms with E-state index in [1.54, 1.807) is 35.2 Å². The molecule has 202 valence electrons. The first kappa shape index (κ1) is 26.7. The Kier molecular flexibility index (Phi) is 8.22. The molecule has 2 N–H and O–H groups in total. The highest BCUT2D eigenvalue weighted by Gasteiger charge is 2.32. The molecule has 1 aromatic heterocycles. The minimum Gasteiger partial charge on any atom is -0.392 e. The van der Waals surface area contributed by atoms with E-state index >= 15 is 0 Å². The van der Waals surface area contributed by atoms with Gasteiger partial charge in [-0.2, -0.15) is 0 Å². The number of carbonyl (C=O) groups is 1. The molecule has 1 saturated heterocycles. The van der Waals surface area contributed by atoms with Crippen molar-refractivity contribution in [3.05, 3.63) is 125 Å². The quantitative estimate of drug-likeness (QED) is 0.190. The molecule has 1 fully saturated rings. The van der Waals surface area contributed by atoms with Crippen LogP contribution in [0.5, 0.6) is 0 Å². The van der Waals surface area contributed by atoms with Gasteiger partial charge in [0.2, 0.25) is 0 Å². The van der Waals surface area contributed by atoms with Gasteiger partial charge in [0.05, 0.1) is 29.0 Å². The summed E-state index contributed by atoms with van der Waals surface area (Å²) in [6, 6.07) is 32.8. The van der Waals surface area contributed by atoms with E-state index in [0.717, 1.165) is 32.3 Å². The van der Waals surface area contributed by atoms with Gasteiger partial charge in [0, 0.05) is 29.0 Å². The number of nitrogens with one attached hydrogen (secondary N) is 1. The number of aliphatic hydroxyl groups is 1. The van der Waals surface area contributed by atoms with E-state index in [2.05, 4.69) is 11.4 Å². The second-order valence-corrected chi connectivity index (χ2v) is 11.9. The number of rotatable bonds is 8. The Balaban J connectivity index is 1.21. The highest BCUT2D eigenvalue weighted by Crippen LogP contribution is 2.40. The summed E-state index contributed by atoms with van der Waals surface area (Å²) in [7, 11) is 0. The van der Waals surface area contributed by atoms with E-state index in [-0.39, 0.29) is 24.7 Å². The first-order chi connectivity index (χ1) is 19.6. The molecule has 3 unspecified atom stereocenters. The molecule has 3 atom stereocenters. The van der Waals surface area contributed by atoms with E-state index < -0.39 is 6.29 Å². The minimum atomic E-state index is -0.606. The third kappa shape index (κ3) is 6.27. The lowest BCUT2D eigenvalue weighted by atomic mass is 10.0. The predicted octanol–water partition coefficient (Wildman–Crippen LogP) is 7.38. The largest absolute Gasteiger partial charge is 0.392 e. The third-order valence-corrected chi connectivity index (χ3v) is 9.05. The van der Waals surface area contributed by atoms with Gasteiger partial charge in [0.15, 0.2) is 10.6 Å². The van der Waals surface area contributed by atoms with Gasteiger partial charge >= 0.3 is 0 Å². The SMILES string of the molecule is O=C(Nc1cccc(C2OC(CSc3nc4ccccc4s3)CC(c3ccc(CO)cc3)O2)c1)c1ccccc1. The zero-order valence-corrected chi connectivity index (χ0v) is 23.2. The Morgan fingerprint density at radius 1 is 0.925 bits per heavy atom. The van der Waals surface area contributed by atoms with Crippen molar-refractivity contribution in [3.63, 3.8) is 0 Å². The van der Waals surface area contributed by atoms with Crippen LogP contribution >= 0.6 is 23.1 Å². The van der Waals surface area contributed by atoms with Crippen molar-refractivity contribution in [2.45, 2.75) is 35.9 Å². The third-order valence-electron chi connectivity index (χ3n) is 6.73. The Bertz CT molecular complexity index is 1560. The second-order valence-electron chi connectivity index (χ2n) is 9.55. The predicted molar refractivity (Wildman–Crippen MR) is 160 cm³/mol. The van der Waals surface area contributed by atoms with E-state index in [0.29, 0.717) is 17.7 Å². The number of ether oxygens (including phenoxy) is 2. The molecule has 0 spiro atoms. The molecule has 0 radical (unpaired) electrons. The number of carbonyl (C=O) groups excluding carboxylic acids is 1. The number of benzene rings is 4. The van der Waals surface area contributed by atoms with Crippen molar-refractivity contribution < 1.29 is 19.4 Å². The van der Waals surface area contributed by atoms with Crippen LogP contribution in [0.25, 0.3) is 10.2 Å². The van der Waals surface area contributed by atoms with Gasteiger partial charge in [0.25, 0.3) is 5.91 Å². The molecule has 5 aromatic rings. The average Bonchev–Trinajstić information content (AvgIpc) is 3.44. The van der Waals surface area contributed by atoms with Crippen molar-refractivity contribution in [2.24, 2.45) is 0 Å². The van der Waals surface area contributed by atoms with Gasteiger partial charge in [-0.25, -0.2) is 4.98 Å². The summed E-state index contributed by atoms with van der Waals surface area (Å²) < 4.78 is 15.2. The molecule has 6 nitrogen and oxygen atoms in total. The molecule has 8 heteroatoms. The van der Waals surface area contributed by atoms with Crippen LogP contribution in [0.2, 0.25) is 0 Å². The maximum absolute atomic E-state index is 12.7. The number of hydrogen-bond donors (Lipinski definition) is 2. The molecule has 40 heavy (non-hydrogen) atoms. The summed E-state index contributed by atoms with van der Waals surface area (Å²) in [4.78, 5) is 17.5. The Hall–Kier alpha value is -3.53. The number of thiazole rings is 1. The van der Waals surface area contributed by atoms with Crippen molar-refractivity contribution >= 4 is 44.9 Å². The number of aliphatic hydroxyl groups excluding tert-OH is 1. The highest BCUT2D eigenvalue weighted by molar-refractivity contribution is 8.01. The van der Waals surface area contributed by atoms with Crippen LogP contribution in [0.4, 0.5) is 5.69 Å². The fraction of sp³-hybridized carbons (Fsp3) is 0.188. The molecule has 6 rings (SSSR count). The lowest BCUT2D eigenvalue weighted by Gasteiger charge is -2.36. The monoisotopic (exact) mass is 568 g/mol. The van der Waals surface area contributed by atoms with E-state index in [1.165, 1.54) is 4.70 Å². The molecule has 2 heterocycles. The molecule has 0 saturated carbocycles. The fourth-order valence-electron chi connectivity index (χ4n) is 4.66. The molecular weight excluding hydrogens is 540 g/mol.